The lowest BCUT2D eigenvalue weighted by Crippen LogP contribution is -2.04. The summed E-state index contributed by atoms with van der Waals surface area (Å²) in [4.78, 5) is 12.3. The number of carbonyl (C=O) groups excluding carboxylic acids is 1. The van der Waals surface area contributed by atoms with Crippen molar-refractivity contribution in [3.05, 3.63) is 69.7 Å². The highest BCUT2D eigenvalue weighted by Gasteiger charge is 2.14. The third kappa shape index (κ3) is 2.27. The van der Waals surface area contributed by atoms with E-state index in [1.54, 1.807) is 36.4 Å². The molecule has 2 aromatic carbocycles. The quantitative estimate of drug-likeness (QED) is 0.792. The fourth-order valence-electron chi connectivity index (χ4n) is 1.57. The van der Waals surface area contributed by atoms with E-state index in [-0.39, 0.29) is 5.78 Å². The minimum absolute atomic E-state index is 0.144. The predicted molar refractivity (Wildman–Crippen MR) is 68.7 cm³/mol. The first kappa shape index (κ1) is 11.6. The van der Waals surface area contributed by atoms with Gasteiger partial charge in [-0.25, -0.2) is 0 Å². The van der Waals surface area contributed by atoms with Gasteiger partial charge in [-0.2, -0.15) is 5.26 Å². The fourth-order valence-corrected chi connectivity index (χ4v) is 2.03. The molecule has 82 valence electrons. The van der Waals surface area contributed by atoms with Gasteiger partial charge in [0.15, 0.2) is 5.78 Å². The van der Waals surface area contributed by atoms with E-state index in [1.807, 2.05) is 18.2 Å². The highest BCUT2D eigenvalue weighted by Crippen LogP contribution is 2.21. The summed E-state index contributed by atoms with van der Waals surface area (Å²) in [5, 5.41) is 8.97. The van der Waals surface area contributed by atoms with Crippen LogP contribution in [0.3, 0.4) is 0 Å². The van der Waals surface area contributed by atoms with E-state index in [0.29, 0.717) is 16.7 Å². The van der Waals surface area contributed by atoms with Gasteiger partial charge in [0.05, 0.1) is 11.6 Å². The second-order valence-corrected chi connectivity index (χ2v) is 4.32. The van der Waals surface area contributed by atoms with Crippen molar-refractivity contribution in [3.8, 4) is 6.07 Å². The second kappa shape index (κ2) is 4.94. The third-order valence-corrected chi connectivity index (χ3v) is 3.10. The number of nitriles is 1. The first-order chi connectivity index (χ1) is 8.24. The largest absolute Gasteiger partial charge is 0.289 e. The smallest absolute Gasteiger partial charge is 0.195 e. The third-order valence-electron chi connectivity index (χ3n) is 2.41. The molecule has 0 radical (unpaired) electrons. The van der Waals surface area contributed by atoms with Crippen LogP contribution >= 0.6 is 15.9 Å². The van der Waals surface area contributed by atoms with Gasteiger partial charge < -0.3 is 0 Å². The SMILES string of the molecule is N#Cc1ccccc1C(=O)c1ccccc1Br. The molecule has 0 spiro atoms. The van der Waals surface area contributed by atoms with Gasteiger partial charge in [0.25, 0.3) is 0 Å². The molecule has 0 aliphatic carbocycles. The summed E-state index contributed by atoms with van der Waals surface area (Å²) in [7, 11) is 0. The summed E-state index contributed by atoms with van der Waals surface area (Å²) in [5.74, 6) is -0.144. The summed E-state index contributed by atoms with van der Waals surface area (Å²) in [5.41, 5.74) is 1.39. The molecular weight excluding hydrogens is 278 g/mol. The number of ketones is 1. The number of benzene rings is 2. The van der Waals surface area contributed by atoms with Crippen LogP contribution in [-0.4, -0.2) is 5.78 Å². The van der Waals surface area contributed by atoms with E-state index in [2.05, 4.69) is 15.9 Å². The summed E-state index contributed by atoms with van der Waals surface area (Å²) >= 11 is 3.34. The van der Waals surface area contributed by atoms with Gasteiger partial charge >= 0.3 is 0 Å². The Morgan fingerprint density at radius 1 is 1.00 bits per heavy atom. The van der Waals surface area contributed by atoms with Crippen LogP contribution in [0.5, 0.6) is 0 Å². The lowest BCUT2D eigenvalue weighted by molar-refractivity contribution is 0.103. The fraction of sp³-hybridized carbons (Fsp3) is 0. The molecule has 0 N–H and O–H groups in total. The van der Waals surface area contributed by atoms with Crippen LogP contribution in [0, 0.1) is 11.3 Å². The van der Waals surface area contributed by atoms with E-state index < -0.39 is 0 Å². The molecule has 2 aromatic rings. The lowest BCUT2D eigenvalue weighted by Gasteiger charge is -2.04. The average Bonchev–Trinajstić information content (AvgIpc) is 2.38. The monoisotopic (exact) mass is 285 g/mol. The molecule has 0 bridgehead atoms. The maximum atomic E-state index is 12.3. The van der Waals surface area contributed by atoms with Crippen molar-refractivity contribution in [2.45, 2.75) is 0 Å². The first-order valence-electron chi connectivity index (χ1n) is 5.02. The van der Waals surface area contributed by atoms with Crippen molar-refractivity contribution < 1.29 is 4.79 Å². The zero-order valence-corrected chi connectivity index (χ0v) is 10.4. The van der Waals surface area contributed by atoms with Crippen LogP contribution in [0.1, 0.15) is 21.5 Å². The number of carbonyl (C=O) groups is 1. The summed E-state index contributed by atoms with van der Waals surface area (Å²) in [6, 6.07) is 16.0. The average molecular weight is 286 g/mol. The molecule has 0 aliphatic rings. The Balaban J connectivity index is 2.53. The Hall–Kier alpha value is -1.92. The molecule has 0 saturated carbocycles. The summed E-state index contributed by atoms with van der Waals surface area (Å²) in [6.07, 6.45) is 0. The van der Waals surface area contributed by atoms with Gasteiger partial charge in [-0.1, -0.05) is 40.2 Å². The molecule has 0 atom stereocenters. The second-order valence-electron chi connectivity index (χ2n) is 3.47. The Morgan fingerprint density at radius 2 is 1.59 bits per heavy atom. The van der Waals surface area contributed by atoms with Crippen molar-refractivity contribution in [1.29, 1.82) is 5.26 Å². The number of halogens is 1. The lowest BCUT2D eigenvalue weighted by atomic mass is 9.99. The Labute approximate surface area is 108 Å². The summed E-state index contributed by atoms with van der Waals surface area (Å²) in [6.45, 7) is 0. The normalized spacial score (nSPS) is 9.65. The van der Waals surface area contributed by atoms with Gasteiger partial charge in [-0.05, 0) is 24.3 Å². The molecule has 17 heavy (non-hydrogen) atoms. The Bertz CT molecular complexity index is 614. The minimum atomic E-state index is -0.144. The van der Waals surface area contributed by atoms with Crippen molar-refractivity contribution in [2.75, 3.05) is 0 Å². The van der Waals surface area contributed by atoms with Crippen molar-refractivity contribution in [1.82, 2.24) is 0 Å². The molecule has 0 unspecified atom stereocenters. The van der Waals surface area contributed by atoms with E-state index >= 15 is 0 Å². The van der Waals surface area contributed by atoms with Gasteiger partial charge in [0.2, 0.25) is 0 Å². The minimum Gasteiger partial charge on any atom is -0.289 e. The first-order valence-corrected chi connectivity index (χ1v) is 5.81. The molecule has 0 heterocycles. The van der Waals surface area contributed by atoms with Gasteiger partial charge in [0.1, 0.15) is 0 Å². The number of hydrogen-bond acceptors (Lipinski definition) is 2. The van der Waals surface area contributed by atoms with Gasteiger partial charge in [0, 0.05) is 15.6 Å². The zero-order chi connectivity index (χ0) is 12.3. The Kier molecular flexibility index (Phi) is 3.36. The van der Waals surface area contributed by atoms with E-state index in [1.165, 1.54) is 0 Å². The molecule has 0 saturated heterocycles. The molecule has 0 aromatic heterocycles. The van der Waals surface area contributed by atoms with E-state index in [9.17, 15) is 4.79 Å². The van der Waals surface area contributed by atoms with Crippen molar-refractivity contribution >= 4 is 21.7 Å². The standard InChI is InChI=1S/C14H8BrNO/c15-13-8-4-3-7-12(13)14(17)11-6-2-1-5-10(11)9-16/h1-8H. The summed E-state index contributed by atoms with van der Waals surface area (Å²) < 4.78 is 0.734. The highest BCUT2D eigenvalue weighted by atomic mass is 79.9. The van der Waals surface area contributed by atoms with Crippen LogP contribution in [0.2, 0.25) is 0 Å². The van der Waals surface area contributed by atoms with E-state index in [0.717, 1.165) is 4.47 Å². The maximum absolute atomic E-state index is 12.3. The number of hydrogen-bond donors (Lipinski definition) is 0. The molecule has 0 aliphatic heterocycles. The van der Waals surface area contributed by atoms with Crippen LogP contribution < -0.4 is 0 Å². The van der Waals surface area contributed by atoms with Crippen molar-refractivity contribution in [3.63, 3.8) is 0 Å². The predicted octanol–water partition coefficient (Wildman–Crippen LogP) is 3.55. The topological polar surface area (TPSA) is 40.9 Å². The van der Waals surface area contributed by atoms with Gasteiger partial charge in [-0.3, -0.25) is 4.79 Å². The molecule has 2 rings (SSSR count). The van der Waals surface area contributed by atoms with Crippen LogP contribution in [0.4, 0.5) is 0 Å². The number of nitrogens with zero attached hydrogens (tertiary/aromatic N) is 1. The maximum Gasteiger partial charge on any atom is 0.195 e. The van der Waals surface area contributed by atoms with Gasteiger partial charge in [-0.15, -0.1) is 0 Å². The molecule has 3 heteroatoms. The van der Waals surface area contributed by atoms with Crippen LogP contribution in [-0.2, 0) is 0 Å². The van der Waals surface area contributed by atoms with Crippen LogP contribution in [0.25, 0.3) is 0 Å². The molecular formula is C14H8BrNO. The Morgan fingerprint density at radius 3 is 2.24 bits per heavy atom. The van der Waals surface area contributed by atoms with E-state index in [4.69, 9.17) is 5.26 Å². The van der Waals surface area contributed by atoms with Crippen LogP contribution in [0.15, 0.2) is 53.0 Å². The van der Waals surface area contributed by atoms with Crippen molar-refractivity contribution in [2.24, 2.45) is 0 Å². The zero-order valence-electron chi connectivity index (χ0n) is 8.85. The molecule has 2 nitrogen and oxygen atoms in total. The highest BCUT2D eigenvalue weighted by molar-refractivity contribution is 9.10. The molecule has 0 amide bonds. The molecule has 0 fully saturated rings. The number of rotatable bonds is 2.